The predicted molar refractivity (Wildman–Crippen MR) is 101 cm³/mol. The molecule has 1 fully saturated rings. The third-order valence-electron chi connectivity index (χ3n) is 4.44. The van der Waals surface area contributed by atoms with Gasteiger partial charge in [0, 0.05) is 56.4 Å². The van der Waals surface area contributed by atoms with Crippen LogP contribution in [-0.4, -0.2) is 52.8 Å². The van der Waals surface area contributed by atoms with Gasteiger partial charge in [0.1, 0.15) is 5.82 Å². The molecule has 0 unspecified atom stereocenters. The third-order valence-corrected chi connectivity index (χ3v) is 4.81. The number of anilines is 1. The average Bonchev–Trinajstić information content (AvgIpc) is 2.67. The Kier molecular flexibility index (Phi) is 5.73. The van der Waals surface area contributed by atoms with E-state index >= 15 is 0 Å². The Morgan fingerprint density at radius 2 is 1.81 bits per heavy atom. The lowest BCUT2D eigenvalue weighted by Crippen LogP contribution is -2.50. The van der Waals surface area contributed by atoms with Crippen LogP contribution < -0.4 is 5.32 Å². The molecule has 2 heterocycles. The fraction of sp³-hybridized carbons (Fsp3) is 0.316. The molecule has 26 heavy (non-hydrogen) atoms. The van der Waals surface area contributed by atoms with Crippen LogP contribution in [0.25, 0.3) is 0 Å². The molecule has 0 radical (unpaired) electrons. The quantitative estimate of drug-likeness (QED) is 0.896. The van der Waals surface area contributed by atoms with Gasteiger partial charge in [0.15, 0.2) is 0 Å². The number of nitrogens with zero attached hydrogens (tertiary/aromatic N) is 3. The zero-order chi connectivity index (χ0) is 18.5. The lowest BCUT2D eigenvalue weighted by Gasteiger charge is -2.34. The maximum absolute atomic E-state index is 12.7. The molecule has 1 aliphatic rings. The van der Waals surface area contributed by atoms with Crippen molar-refractivity contribution in [3.63, 3.8) is 0 Å². The summed E-state index contributed by atoms with van der Waals surface area (Å²) >= 11 is 6.16. The minimum Gasteiger partial charge on any atom is -0.366 e. The summed E-state index contributed by atoms with van der Waals surface area (Å²) in [6.45, 7) is 4.32. The lowest BCUT2D eigenvalue weighted by molar-refractivity contribution is -0.130. The van der Waals surface area contributed by atoms with Crippen LogP contribution in [0.5, 0.6) is 0 Å². The van der Waals surface area contributed by atoms with Crippen molar-refractivity contribution in [2.45, 2.75) is 13.5 Å². The number of nitrogens with one attached hydrogen (secondary N) is 1. The van der Waals surface area contributed by atoms with E-state index < -0.39 is 0 Å². The summed E-state index contributed by atoms with van der Waals surface area (Å²) < 4.78 is 0. The first kappa shape index (κ1) is 18.2. The fourth-order valence-electron chi connectivity index (χ4n) is 2.89. The van der Waals surface area contributed by atoms with Crippen LogP contribution in [0.2, 0.25) is 5.02 Å². The Bertz CT molecular complexity index is 804. The van der Waals surface area contributed by atoms with Gasteiger partial charge in [-0.25, -0.2) is 4.98 Å². The molecule has 7 heteroatoms. The summed E-state index contributed by atoms with van der Waals surface area (Å²) in [7, 11) is 0. The number of aromatic nitrogens is 1. The summed E-state index contributed by atoms with van der Waals surface area (Å²) in [5.41, 5.74) is 1.55. The average molecular weight is 373 g/mol. The summed E-state index contributed by atoms with van der Waals surface area (Å²) in [5, 5.41) is 3.89. The molecule has 1 aliphatic heterocycles. The third kappa shape index (κ3) is 4.32. The van der Waals surface area contributed by atoms with E-state index in [0.29, 0.717) is 49.1 Å². The van der Waals surface area contributed by atoms with Crippen LogP contribution in [0.4, 0.5) is 5.82 Å². The Hall–Kier alpha value is -2.60. The molecule has 1 aromatic heterocycles. The molecule has 1 aromatic carbocycles. The van der Waals surface area contributed by atoms with Crippen LogP contribution in [0, 0.1) is 0 Å². The van der Waals surface area contributed by atoms with Crippen molar-refractivity contribution in [2.24, 2.45) is 0 Å². The van der Waals surface area contributed by atoms with E-state index in [1.165, 1.54) is 0 Å². The molecule has 0 bridgehead atoms. The van der Waals surface area contributed by atoms with Crippen molar-refractivity contribution in [2.75, 3.05) is 31.5 Å². The van der Waals surface area contributed by atoms with Crippen molar-refractivity contribution < 1.29 is 9.59 Å². The van der Waals surface area contributed by atoms with Crippen LogP contribution in [-0.2, 0) is 11.3 Å². The van der Waals surface area contributed by atoms with E-state index in [0.717, 1.165) is 5.56 Å². The van der Waals surface area contributed by atoms with Gasteiger partial charge in [-0.3, -0.25) is 9.59 Å². The first-order chi connectivity index (χ1) is 12.5. The van der Waals surface area contributed by atoms with Gasteiger partial charge in [-0.1, -0.05) is 29.8 Å². The molecular formula is C19H21ClN4O2. The van der Waals surface area contributed by atoms with Crippen molar-refractivity contribution >= 4 is 29.2 Å². The second-order valence-electron chi connectivity index (χ2n) is 6.17. The topological polar surface area (TPSA) is 65.5 Å². The maximum Gasteiger partial charge on any atom is 0.254 e. The van der Waals surface area contributed by atoms with Crippen LogP contribution >= 0.6 is 11.6 Å². The highest BCUT2D eigenvalue weighted by atomic mass is 35.5. The van der Waals surface area contributed by atoms with E-state index in [-0.39, 0.29) is 11.8 Å². The second-order valence-corrected chi connectivity index (χ2v) is 6.58. The second kappa shape index (κ2) is 8.19. The SMILES string of the molecule is CC(=O)N1CCN(C(=O)c2ccnc(NCc3ccccc3Cl)c2)CC1. The minimum atomic E-state index is -0.0450. The van der Waals surface area contributed by atoms with Crippen molar-refractivity contribution in [1.82, 2.24) is 14.8 Å². The molecule has 0 atom stereocenters. The molecular weight excluding hydrogens is 352 g/mol. The number of carbonyl (C=O) groups is 2. The van der Waals surface area contributed by atoms with E-state index in [1.54, 1.807) is 35.1 Å². The fourth-order valence-corrected chi connectivity index (χ4v) is 3.10. The number of hydrogen-bond donors (Lipinski definition) is 1. The largest absolute Gasteiger partial charge is 0.366 e. The summed E-state index contributed by atoms with van der Waals surface area (Å²) in [6, 6.07) is 11.1. The van der Waals surface area contributed by atoms with Gasteiger partial charge in [0.2, 0.25) is 5.91 Å². The monoisotopic (exact) mass is 372 g/mol. The molecule has 136 valence electrons. The zero-order valence-electron chi connectivity index (χ0n) is 14.6. The summed E-state index contributed by atoms with van der Waals surface area (Å²) in [5.74, 6) is 0.626. The predicted octanol–water partition coefficient (Wildman–Crippen LogP) is 2.65. The van der Waals surface area contributed by atoms with Crippen LogP contribution in [0.1, 0.15) is 22.8 Å². The molecule has 0 aliphatic carbocycles. The van der Waals surface area contributed by atoms with Gasteiger partial charge in [0.25, 0.3) is 5.91 Å². The van der Waals surface area contributed by atoms with Gasteiger partial charge in [-0.15, -0.1) is 0 Å². The van der Waals surface area contributed by atoms with Crippen LogP contribution in [0.3, 0.4) is 0 Å². The van der Waals surface area contributed by atoms with E-state index in [4.69, 9.17) is 11.6 Å². The number of hydrogen-bond acceptors (Lipinski definition) is 4. The highest BCUT2D eigenvalue weighted by Crippen LogP contribution is 2.17. The Morgan fingerprint density at radius 1 is 1.12 bits per heavy atom. The number of pyridine rings is 1. The van der Waals surface area contributed by atoms with Gasteiger partial charge in [-0.2, -0.15) is 0 Å². The van der Waals surface area contributed by atoms with Crippen LogP contribution in [0.15, 0.2) is 42.6 Å². The number of carbonyl (C=O) groups excluding carboxylic acids is 2. The van der Waals surface area contributed by atoms with E-state index in [2.05, 4.69) is 10.3 Å². The first-order valence-corrected chi connectivity index (χ1v) is 8.90. The normalized spacial score (nSPS) is 14.2. The molecule has 3 rings (SSSR count). The van der Waals surface area contributed by atoms with Crippen molar-refractivity contribution in [3.05, 3.63) is 58.7 Å². The van der Waals surface area contributed by atoms with Crippen molar-refractivity contribution in [3.8, 4) is 0 Å². The standard InChI is InChI=1S/C19H21ClN4O2/c1-14(25)23-8-10-24(11-9-23)19(26)15-6-7-21-18(12-15)22-13-16-4-2-3-5-17(16)20/h2-7,12H,8-11,13H2,1H3,(H,21,22). The molecule has 1 saturated heterocycles. The molecule has 2 amide bonds. The van der Waals surface area contributed by atoms with E-state index in [1.807, 2.05) is 24.3 Å². The van der Waals surface area contributed by atoms with Gasteiger partial charge in [-0.05, 0) is 23.8 Å². The van der Waals surface area contributed by atoms with Gasteiger partial charge >= 0.3 is 0 Å². The molecule has 0 saturated carbocycles. The smallest absolute Gasteiger partial charge is 0.254 e. The number of benzene rings is 1. The van der Waals surface area contributed by atoms with E-state index in [9.17, 15) is 9.59 Å². The Morgan fingerprint density at radius 3 is 2.50 bits per heavy atom. The highest BCUT2D eigenvalue weighted by molar-refractivity contribution is 6.31. The Labute approximate surface area is 157 Å². The highest BCUT2D eigenvalue weighted by Gasteiger charge is 2.23. The molecule has 2 aromatic rings. The number of rotatable bonds is 4. The van der Waals surface area contributed by atoms with Crippen molar-refractivity contribution in [1.29, 1.82) is 0 Å². The number of halogens is 1. The minimum absolute atomic E-state index is 0.0450. The number of piperazine rings is 1. The number of amides is 2. The summed E-state index contributed by atoms with van der Waals surface area (Å²) in [4.78, 5) is 31.9. The first-order valence-electron chi connectivity index (χ1n) is 8.52. The Balaban J connectivity index is 1.63. The van der Waals surface area contributed by atoms with Gasteiger partial charge in [0.05, 0.1) is 0 Å². The zero-order valence-corrected chi connectivity index (χ0v) is 15.4. The summed E-state index contributed by atoms with van der Waals surface area (Å²) in [6.07, 6.45) is 1.62. The molecule has 1 N–H and O–H groups in total. The lowest BCUT2D eigenvalue weighted by atomic mass is 10.2. The molecule has 0 spiro atoms. The van der Waals surface area contributed by atoms with Gasteiger partial charge < -0.3 is 15.1 Å². The molecule has 6 nitrogen and oxygen atoms in total. The maximum atomic E-state index is 12.7.